The Kier molecular flexibility index (Phi) is 10.3. The molecule has 0 bridgehead atoms. The van der Waals surface area contributed by atoms with Crippen molar-refractivity contribution < 1.29 is 9.59 Å². The molecule has 0 aromatic heterocycles. The summed E-state index contributed by atoms with van der Waals surface area (Å²) in [5.74, 6) is 0.108. The molecule has 3 rings (SSSR count). The molecule has 0 amide bonds. The second kappa shape index (κ2) is 13.0. The SMILES string of the molecule is Cc1ccccc1.O=C(CCNCCC(=O)c1ccc(Cl)cc1)c1ccc(Cl)cc1. The maximum absolute atomic E-state index is 11.9. The molecule has 0 saturated heterocycles. The minimum atomic E-state index is 0.0539. The van der Waals surface area contributed by atoms with Crippen LogP contribution in [0.5, 0.6) is 0 Å². The molecule has 3 aromatic rings. The van der Waals surface area contributed by atoms with Gasteiger partial charge in [0.25, 0.3) is 0 Å². The molecular weight excluding hydrogens is 417 g/mol. The lowest BCUT2D eigenvalue weighted by Gasteiger charge is -2.05. The number of Topliss-reactive ketones (excluding diaryl/α,β-unsaturated/α-hetero) is 2. The lowest BCUT2D eigenvalue weighted by molar-refractivity contribution is 0.0982. The zero-order valence-electron chi connectivity index (χ0n) is 16.9. The molecular formula is C25H25Cl2NO2. The van der Waals surface area contributed by atoms with E-state index in [-0.39, 0.29) is 11.6 Å². The van der Waals surface area contributed by atoms with Crippen molar-refractivity contribution in [3.63, 3.8) is 0 Å². The second-order valence-electron chi connectivity index (χ2n) is 6.76. The highest BCUT2D eigenvalue weighted by Gasteiger charge is 2.07. The fourth-order valence-electron chi connectivity index (χ4n) is 2.62. The molecule has 1 N–H and O–H groups in total. The van der Waals surface area contributed by atoms with Crippen molar-refractivity contribution in [1.29, 1.82) is 0 Å². The summed E-state index contributed by atoms with van der Waals surface area (Å²) in [7, 11) is 0. The monoisotopic (exact) mass is 441 g/mol. The first-order chi connectivity index (χ1) is 14.5. The number of hydrogen-bond acceptors (Lipinski definition) is 3. The molecule has 5 heteroatoms. The van der Waals surface area contributed by atoms with Crippen molar-refractivity contribution in [2.24, 2.45) is 0 Å². The lowest BCUT2D eigenvalue weighted by Crippen LogP contribution is -2.21. The minimum Gasteiger partial charge on any atom is -0.316 e. The van der Waals surface area contributed by atoms with Crippen LogP contribution in [0.25, 0.3) is 0 Å². The van der Waals surface area contributed by atoms with Gasteiger partial charge >= 0.3 is 0 Å². The molecule has 0 radical (unpaired) electrons. The van der Waals surface area contributed by atoms with E-state index >= 15 is 0 Å². The van der Waals surface area contributed by atoms with Crippen molar-refractivity contribution in [3.8, 4) is 0 Å². The van der Waals surface area contributed by atoms with Gasteiger partial charge in [0.1, 0.15) is 0 Å². The molecule has 30 heavy (non-hydrogen) atoms. The number of benzene rings is 3. The average molecular weight is 442 g/mol. The third-order valence-electron chi connectivity index (χ3n) is 4.33. The van der Waals surface area contributed by atoms with E-state index in [2.05, 4.69) is 24.4 Å². The Morgan fingerprint density at radius 1 is 0.667 bits per heavy atom. The quantitative estimate of drug-likeness (QED) is 0.323. The summed E-state index contributed by atoms with van der Waals surface area (Å²) in [5, 5.41) is 4.34. The van der Waals surface area contributed by atoms with Gasteiger partial charge in [0.15, 0.2) is 11.6 Å². The molecule has 0 fully saturated rings. The molecule has 156 valence electrons. The van der Waals surface area contributed by atoms with Gasteiger partial charge in [-0.05, 0) is 55.5 Å². The fourth-order valence-corrected chi connectivity index (χ4v) is 2.88. The van der Waals surface area contributed by atoms with Crippen molar-refractivity contribution in [2.45, 2.75) is 19.8 Å². The summed E-state index contributed by atoms with van der Waals surface area (Å²) < 4.78 is 0. The highest BCUT2D eigenvalue weighted by molar-refractivity contribution is 6.31. The Labute approximate surface area is 188 Å². The van der Waals surface area contributed by atoms with E-state index in [4.69, 9.17) is 23.2 Å². The smallest absolute Gasteiger partial charge is 0.164 e. The maximum atomic E-state index is 11.9. The summed E-state index contributed by atoms with van der Waals surface area (Å²) in [6.07, 6.45) is 0.771. The van der Waals surface area contributed by atoms with Gasteiger partial charge in [-0.15, -0.1) is 0 Å². The molecule has 0 unspecified atom stereocenters. The van der Waals surface area contributed by atoms with E-state index in [0.717, 1.165) is 0 Å². The molecule has 0 aliphatic heterocycles. The van der Waals surface area contributed by atoms with E-state index in [1.165, 1.54) is 5.56 Å². The molecule has 0 saturated carbocycles. The molecule has 0 spiro atoms. The van der Waals surface area contributed by atoms with Gasteiger partial charge in [0, 0.05) is 47.1 Å². The first-order valence-corrected chi connectivity index (χ1v) is 10.5. The molecule has 0 heterocycles. The Bertz CT molecular complexity index is 864. The van der Waals surface area contributed by atoms with Crippen LogP contribution < -0.4 is 5.32 Å². The number of ketones is 2. The van der Waals surface area contributed by atoms with Crippen molar-refractivity contribution in [3.05, 3.63) is 106 Å². The maximum Gasteiger partial charge on any atom is 0.164 e. The summed E-state index contributed by atoms with van der Waals surface area (Å²) in [6, 6.07) is 23.9. The van der Waals surface area contributed by atoms with Crippen LogP contribution in [0.4, 0.5) is 0 Å². The third-order valence-corrected chi connectivity index (χ3v) is 4.83. The van der Waals surface area contributed by atoms with Crippen LogP contribution in [0.1, 0.15) is 39.1 Å². The topological polar surface area (TPSA) is 46.2 Å². The fraction of sp³-hybridized carbons (Fsp3) is 0.200. The molecule has 0 aliphatic rings. The average Bonchev–Trinajstić information content (AvgIpc) is 2.75. The van der Waals surface area contributed by atoms with Gasteiger partial charge in [-0.2, -0.15) is 0 Å². The van der Waals surface area contributed by atoms with Crippen LogP contribution in [0.15, 0.2) is 78.9 Å². The zero-order valence-corrected chi connectivity index (χ0v) is 18.4. The number of rotatable bonds is 8. The Hall–Kier alpha value is -2.46. The highest BCUT2D eigenvalue weighted by atomic mass is 35.5. The Morgan fingerprint density at radius 2 is 1.07 bits per heavy atom. The van der Waals surface area contributed by atoms with Crippen molar-refractivity contribution in [1.82, 2.24) is 5.32 Å². The molecule has 3 nitrogen and oxygen atoms in total. The second-order valence-corrected chi connectivity index (χ2v) is 7.64. The van der Waals surface area contributed by atoms with Gasteiger partial charge in [0.2, 0.25) is 0 Å². The van der Waals surface area contributed by atoms with Crippen LogP contribution in [-0.4, -0.2) is 24.7 Å². The standard InChI is InChI=1S/C18H17Cl2NO2.C7H8/c19-15-5-1-13(2-6-15)17(22)9-11-21-12-10-18(23)14-3-7-16(20)8-4-14;1-7-5-3-2-4-6-7/h1-8,21H,9-12H2;2-6H,1H3. The van der Waals surface area contributed by atoms with Gasteiger partial charge in [0.05, 0.1) is 0 Å². The van der Waals surface area contributed by atoms with Crippen LogP contribution in [0.3, 0.4) is 0 Å². The van der Waals surface area contributed by atoms with Crippen molar-refractivity contribution in [2.75, 3.05) is 13.1 Å². The van der Waals surface area contributed by atoms with Crippen LogP contribution in [-0.2, 0) is 0 Å². The minimum absolute atomic E-state index is 0.0539. The number of halogens is 2. The predicted molar refractivity (Wildman–Crippen MR) is 125 cm³/mol. The van der Waals surface area contributed by atoms with E-state index < -0.39 is 0 Å². The van der Waals surface area contributed by atoms with E-state index in [0.29, 0.717) is 47.1 Å². The molecule has 0 aliphatic carbocycles. The number of aryl methyl sites for hydroxylation is 1. The summed E-state index contributed by atoms with van der Waals surface area (Å²) in [6.45, 7) is 3.16. The van der Waals surface area contributed by atoms with Crippen LogP contribution in [0, 0.1) is 6.92 Å². The van der Waals surface area contributed by atoms with Gasteiger partial charge in [-0.1, -0.05) is 59.1 Å². The largest absolute Gasteiger partial charge is 0.316 e. The van der Waals surface area contributed by atoms with Crippen molar-refractivity contribution >= 4 is 34.8 Å². The first kappa shape index (κ1) is 23.8. The summed E-state index contributed by atoms with van der Waals surface area (Å²) >= 11 is 11.6. The highest BCUT2D eigenvalue weighted by Crippen LogP contribution is 2.12. The first-order valence-electron chi connectivity index (χ1n) is 9.75. The van der Waals surface area contributed by atoms with E-state index in [1.54, 1.807) is 48.5 Å². The third kappa shape index (κ3) is 8.91. The lowest BCUT2D eigenvalue weighted by atomic mass is 10.1. The molecule has 0 atom stereocenters. The zero-order chi connectivity index (χ0) is 21.8. The summed E-state index contributed by atoms with van der Waals surface area (Å²) in [4.78, 5) is 23.9. The Balaban J connectivity index is 0.000000386. The van der Waals surface area contributed by atoms with Crippen LogP contribution in [0.2, 0.25) is 10.0 Å². The predicted octanol–water partition coefficient (Wildman–Crippen LogP) is 6.42. The van der Waals surface area contributed by atoms with Crippen LogP contribution >= 0.6 is 23.2 Å². The number of nitrogens with one attached hydrogen (secondary N) is 1. The van der Waals surface area contributed by atoms with Gasteiger partial charge in [-0.25, -0.2) is 0 Å². The normalized spacial score (nSPS) is 10.1. The number of carbonyl (C=O) groups is 2. The van der Waals surface area contributed by atoms with Gasteiger partial charge < -0.3 is 5.32 Å². The number of hydrogen-bond donors (Lipinski definition) is 1. The summed E-state index contributed by atoms with van der Waals surface area (Å²) in [5.41, 5.74) is 2.62. The van der Waals surface area contributed by atoms with Gasteiger partial charge in [-0.3, -0.25) is 9.59 Å². The Morgan fingerprint density at radius 3 is 1.40 bits per heavy atom. The molecule has 3 aromatic carbocycles. The van der Waals surface area contributed by atoms with E-state index in [1.807, 2.05) is 18.2 Å². The van der Waals surface area contributed by atoms with E-state index in [9.17, 15) is 9.59 Å². The number of carbonyl (C=O) groups excluding carboxylic acids is 2.